The van der Waals surface area contributed by atoms with E-state index >= 15 is 0 Å². The van der Waals surface area contributed by atoms with Crippen LogP contribution in [0.5, 0.6) is 0 Å². The summed E-state index contributed by atoms with van der Waals surface area (Å²) in [6.45, 7) is 3.58. The number of hydrogen-bond acceptors (Lipinski definition) is 4. The van der Waals surface area contributed by atoms with E-state index in [1.54, 1.807) is 24.3 Å². The predicted octanol–water partition coefficient (Wildman–Crippen LogP) is 4.55. The minimum Gasteiger partial charge on any atom is -0.369 e. The van der Waals surface area contributed by atoms with E-state index in [1.165, 1.54) is 23.7 Å². The molecule has 2 aromatic rings. The van der Waals surface area contributed by atoms with Crippen molar-refractivity contribution in [2.24, 2.45) is 0 Å². The summed E-state index contributed by atoms with van der Waals surface area (Å²) < 4.78 is 28.7. The second-order valence-corrected chi connectivity index (χ2v) is 8.85. The monoisotopic (exact) mass is 450 g/mol. The fraction of sp³-hybridized carbons (Fsp3) is 0.353. The average Bonchev–Trinajstić information content (AvgIpc) is 2.59. The Morgan fingerprint density at radius 1 is 1.11 bits per heavy atom. The third-order valence-corrected chi connectivity index (χ3v) is 6.19. The number of nitrogens with zero attached hydrogens (tertiary/aromatic N) is 3. The number of anilines is 2. The molecule has 1 aromatic heterocycles. The van der Waals surface area contributed by atoms with Crippen molar-refractivity contribution in [2.75, 3.05) is 36.3 Å². The summed E-state index contributed by atoms with van der Waals surface area (Å²) in [5, 5.41) is 1.39. The lowest BCUT2D eigenvalue weighted by Gasteiger charge is -2.26. The minimum atomic E-state index is -3.67. The maximum atomic E-state index is 12.4. The fourth-order valence-corrected chi connectivity index (χ4v) is 4.26. The molecule has 0 aliphatic carbocycles. The predicted molar refractivity (Wildman–Crippen MR) is 113 cm³/mol. The maximum absolute atomic E-state index is 12.4. The van der Waals surface area contributed by atoms with Gasteiger partial charge in [0.2, 0.25) is 0 Å². The van der Waals surface area contributed by atoms with Crippen molar-refractivity contribution in [2.45, 2.75) is 13.3 Å². The highest BCUT2D eigenvalue weighted by molar-refractivity contribution is 7.90. The van der Waals surface area contributed by atoms with Crippen LogP contribution in [0.4, 0.5) is 11.4 Å². The molecule has 2 rings (SSSR count). The molecule has 6 nitrogen and oxygen atoms in total. The van der Waals surface area contributed by atoms with Crippen molar-refractivity contribution in [1.82, 2.24) is 9.29 Å². The van der Waals surface area contributed by atoms with Gasteiger partial charge in [-0.05, 0) is 31.5 Å². The topological polar surface area (TPSA) is 65.5 Å². The summed E-state index contributed by atoms with van der Waals surface area (Å²) in [5.41, 5.74) is 1.12. The molecule has 0 aliphatic rings. The normalized spacial score (nSPS) is 11.6. The molecule has 0 fully saturated rings. The summed E-state index contributed by atoms with van der Waals surface area (Å²) >= 11 is 18.3. The van der Waals surface area contributed by atoms with Crippen LogP contribution in [0.3, 0.4) is 0 Å². The molecule has 27 heavy (non-hydrogen) atoms. The summed E-state index contributed by atoms with van der Waals surface area (Å²) in [6, 6.07) is 6.56. The highest BCUT2D eigenvalue weighted by Crippen LogP contribution is 2.32. The maximum Gasteiger partial charge on any atom is 0.301 e. The molecule has 0 bridgehead atoms. The van der Waals surface area contributed by atoms with E-state index in [4.69, 9.17) is 34.8 Å². The van der Waals surface area contributed by atoms with Crippen molar-refractivity contribution in [3.8, 4) is 0 Å². The van der Waals surface area contributed by atoms with Gasteiger partial charge in [0.15, 0.2) is 0 Å². The molecule has 0 radical (unpaired) electrons. The Bertz CT molecular complexity index is 860. The molecule has 0 spiro atoms. The van der Waals surface area contributed by atoms with Crippen LogP contribution in [-0.2, 0) is 10.2 Å². The second-order valence-electron chi connectivity index (χ2n) is 5.82. The molecule has 0 unspecified atom stereocenters. The molecule has 0 saturated heterocycles. The zero-order chi connectivity index (χ0) is 20.0. The average molecular weight is 452 g/mol. The third kappa shape index (κ3) is 6.12. The van der Waals surface area contributed by atoms with E-state index in [2.05, 4.69) is 9.71 Å². The molecular weight excluding hydrogens is 431 g/mol. The molecule has 0 amide bonds. The zero-order valence-corrected chi connectivity index (χ0v) is 18.1. The van der Waals surface area contributed by atoms with Crippen molar-refractivity contribution in [3.05, 3.63) is 51.7 Å². The first-order valence-electron chi connectivity index (χ1n) is 8.28. The summed E-state index contributed by atoms with van der Waals surface area (Å²) in [6.07, 6.45) is 3.67. The van der Waals surface area contributed by atoms with Gasteiger partial charge in [-0.1, -0.05) is 40.9 Å². The van der Waals surface area contributed by atoms with Gasteiger partial charge < -0.3 is 4.90 Å². The Kier molecular flexibility index (Phi) is 8.00. The third-order valence-electron chi connectivity index (χ3n) is 3.91. The van der Waals surface area contributed by atoms with Gasteiger partial charge in [0.05, 0.1) is 21.4 Å². The first kappa shape index (κ1) is 22.0. The van der Waals surface area contributed by atoms with Crippen LogP contribution in [0.15, 0.2) is 36.7 Å². The zero-order valence-electron chi connectivity index (χ0n) is 15.0. The fourth-order valence-electron chi connectivity index (χ4n) is 2.52. The van der Waals surface area contributed by atoms with Crippen LogP contribution < -0.4 is 9.62 Å². The van der Waals surface area contributed by atoms with Crippen molar-refractivity contribution >= 4 is 56.4 Å². The van der Waals surface area contributed by atoms with Gasteiger partial charge in [-0.25, -0.2) is 0 Å². The van der Waals surface area contributed by atoms with Crippen LogP contribution in [0, 0.1) is 0 Å². The lowest BCUT2D eigenvalue weighted by atomic mass is 10.3. The molecule has 0 saturated carbocycles. The van der Waals surface area contributed by atoms with E-state index in [9.17, 15) is 8.42 Å². The number of aromatic nitrogens is 1. The molecule has 1 N–H and O–H groups in total. The number of pyridine rings is 1. The summed E-state index contributed by atoms with van der Waals surface area (Å²) in [7, 11) is -2.15. The van der Waals surface area contributed by atoms with Gasteiger partial charge in [0, 0.05) is 44.1 Å². The van der Waals surface area contributed by atoms with E-state index in [0.717, 1.165) is 0 Å². The molecule has 1 aromatic carbocycles. The van der Waals surface area contributed by atoms with Crippen LogP contribution >= 0.6 is 34.8 Å². The number of hydrogen-bond donors (Lipinski definition) is 1. The van der Waals surface area contributed by atoms with E-state index < -0.39 is 10.2 Å². The smallest absolute Gasteiger partial charge is 0.301 e. The molecule has 0 aliphatic heterocycles. The standard InChI is InChI=1S/C17H21Cl3N4O2S/c1-3-24(17-15(19)11-21-12-16(17)20)9-5-8-23(2)27(25,26)22-14-7-4-6-13(18)10-14/h4,6-7,10-12,22H,3,5,8-9H2,1-2H3. The van der Waals surface area contributed by atoms with E-state index in [1.807, 2.05) is 11.8 Å². The van der Waals surface area contributed by atoms with Crippen molar-refractivity contribution in [1.29, 1.82) is 0 Å². The van der Waals surface area contributed by atoms with Crippen LogP contribution in [0.2, 0.25) is 15.1 Å². The minimum absolute atomic E-state index is 0.326. The molecule has 148 valence electrons. The second kappa shape index (κ2) is 9.80. The molecule has 0 atom stereocenters. The Morgan fingerprint density at radius 2 is 1.78 bits per heavy atom. The Hall–Kier alpha value is -1.25. The quantitative estimate of drug-likeness (QED) is 0.607. The van der Waals surface area contributed by atoms with Gasteiger partial charge in [-0.15, -0.1) is 0 Å². The molecule has 10 heteroatoms. The van der Waals surface area contributed by atoms with Gasteiger partial charge in [0.1, 0.15) is 0 Å². The van der Waals surface area contributed by atoms with Crippen LogP contribution in [0.25, 0.3) is 0 Å². The Balaban J connectivity index is 1.96. The first-order valence-corrected chi connectivity index (χ1v) is 10.9. The van der Waals surface area contributed by atoms with Crippen molar-refractivity contribution < 1.29 is 8.42 Å². The van der Waals surface area contributed by atoms with Gasteiger partial charge >= 0.3 is 10.2 Å². The Morgan fingerprint density at radius 3 is 2.37 bits per heavy atom. The molecular formula is C17H21Cl3N4O2S. The Labute approximate surface area is 175 Å². The number of benzene rings is 1. The number of nitrogens with one attached hydrogen (secondary N) is 1. The first-order chi connectivity index (χ1) is 12.7. The van der Waals surface area contributed by atoms with Gasteiger partial charge in [-0.3, -0.25) is 9.71 Å². The number of halogens is 3. The lowest BCUT2D eigenvalue weighted by Crippen LogP contribution is -2.35. The summed E-state index contributed by atoms with van der Waals surface area (Å²) in [4.78, 5) is 5.95. The lowest BCUT2D eigenvalue weighted by molar-refractivity contribution is 0.465. The highest BCUT2D eigenvalue weighted by atomic mass is 35.5. The SMILES string of the molecule is CCN(CCCN(C)S(=O)(=O)Nc1cccc(Cl)c1)c1c(Cl)cncc1Cl. The van der Waals surface area contributed by atoms with Gasteiger partial charge in [-0.2, -0.15) is 12.7 Å². The highest BCUT2D eigenvalue weighted by Gasteiger charge is 2.19. The molecule has 1 heterocycles. The number of rotatable bonds is 9. The van der Waals surface area contributed by atoms with Crippen LogP contribution in [0.1, 0.15) is 13.3 Å². The largest absolute Gasteiger partial charge is 0.369 e. The van der Waals surface area contributed by atoms with E-state index in [0.29, 0.717) is 52.5 Å². The van der Waals surface area contributed by atoms with Crippen LogP contribution in [-0.4, -0.2) is 44.4 Å². The van der Waals surface area contributed by atoms with E-state index in [-0.39, 0.29) is 0 Å². The van der Waals surface area contributed by atoms with Gasteiger partial charge in [0.25, 0.3) is 0 Å². The van der Waals surface area contributed by atoms with Crippen molar-refractivity contribution in [3.63, 3.8) is 0 Å². The summed E-state index contributed by atoms with van der Waals surface area (Å²) in [5.74, 6) is 0.